The molecule has 1 N–H and O–H groups in total. The molecule has 3 heterocycles. The van der Waals surface area contributed by atoms with Gasteiger partial charge in [0.2, 0.25) is 0 Å². The second-order valence-electron chi connectivity index (χ2n) is 6.01. The molecule has 0 bridgehead atoms. The van der Waals surface area contributed by atoms with E-state index in [2.05, 4.69) is 41.1 Å². The fraction of sp³-hybridized carbons (Fsp3) is 0.429. The van der Waals surface area contributed by atoms with Gasteiger partial charge in [0.25, 0.3) is 5.56 Å². The van der Waals surface area contributed by atoms with Gasteiger partial charge < -0.3 is 4.98 Å². The van der Waals surface area contributed by atoms with E-state index in [0.717, 1.165) is 4.83 Å². The fourth-order valence-corrected chi connectivity index (χ4v) is 3.15. The van der Waals surface area contributed by atoms with E-state index in [-0.39, 0.29) is 11.0 Å². The average Bonchev–Trinajstić information content (AvgIpc) is 3.04. The molecule has 0 aliphatic carbocycles. The smallest absolute Gasteiger partial charge is 0.259 e. The van der Waals surface area contributed by atoms with Crippen LogP contribution in [-0.4, -0.2) is 25.0 Å². The summed E-state index contributed by atoms with van der Waals surface area (Å²) in [6.07, 6.45) is 4.05. The minimum absolute atomic E-state index is 0.0265. The molecule has 6 nitrogen and oxygen atoms in total. The molecule has 0 amide bonds. The van der Waals surface area contributed by atoms with Crippen LogP contribution in [0, 0.1) is 0 Å². The van der Waals surface area contributed by atoms with Crippen molar-refractivity contribution < 1.29 is 0 Å². The minimum Gasteiger partial charge on any atom is -0.310 e. The van der Waals surface area contributed by atoms with Gasteiger partial charge in [0.15, 0.2) is 0 Å². The van der Waals surface area contributed by atoms with Gasteiger partial charge in [-0.25, -0.2) is 4.98 Å². The largest absolute Gasteiger partial charge is 0.310 e. The molecule has 0 saturated carbocycles. The predicted octanol–water partition coefficient (Wildman–Crippen LogP) is 2.12. The van der Waals surface area contributed by atoms with Crippen molar-refractivity contribution in [3.8, 4) is 0 Å². The van der Waals surface area contributed by atoms with Gasteiger partial charge in [-0.3, -0.25) is 9.48 Å². The van der Waals surface area contributed by atoms with Crippen LogP contribution in [0.1, 0.15) is 31.5 Å². The standard InChI is InChI=1S/C14H17N5OS/c1-14(2,3)10-8-9-12(20)16-11(17-13(9)21-10)4-6-19-7-5-15-18-19/h5,7-8H,4,6H2,1-3H3,(H,16,17,20). The number of rotatable bonds is 3. The summed E-state index contributed by atoms with van der Waals surface area (Å²) in [5, 5.41) is 8.33. The summed E-state index contributed by atoms with van der Waals surface area (Å²) in [5.74, 6) is 0.685. The Kier molecular flexibility index (Phi) is 3.36. The SMILES string of the molecule is CC(C)(C)c1cc2c(=O)[nH]c(CCn3ccnn3)nc2s1. The Hall–Kier alpha value is -2.02. The first kappa shape index (κ1) is 13.9. The van der Waals surface area contributed by atoms with Crippen molar-refractivity contribution in [1.82, 2.24) is 25.0 Å². The Morgan fingerprint density at radius 1 is 1.38 bits per heavy atom. The van der Waals surface area contributed by atoms with E-state index >= 15 is 0 Å². The lowest BCUT2D eigenvalue weighted by Gasteiger charge is -2.14. The quantitative estimate of drug-likeness (QED) is 0.804. The molecule has 110 valence electrons. The number of aromatic nitrogens is 5. The lowest BCUT2D eigenvalue weighted by Crippen LogP contribution is -2.13. The van der Waals surface area contributed by atoms with Gasteiger partial charge in [-0.05, 0) is 11.5 Å². The summed E-state index contributed by atoms with van der Waals surface area (Å²) in [7, 11) is 0. The van der Waals surface area contributed by atoms with Crippen molar-refractivity contribution >= 4 is 21.6 Å². The molecule has 3 aromatic heterocycles. The molecule has 0 aliphatic rings. The highest BCUT2D eigenvalue weighted by Gasteiger charge is 2.19. The van der Waals surface area contributed by atoms with Crippen molar-refractivity contribution in [3.63, 3.8) is 0 Å². The number of nitrogens with one attached hydrogen (secondary N) is 1. The summed E-state index contributed by atoms with van der Waals surface area (Å²) < 4.78 is 1.72. The van der Waals surface area contributed by atoms with Gasteiger partial charge in [0, 0.05) is 24.0 Å². The molecule has 0 aliphatic heterocycles. The van der Waals surface area contributed by atoms with E-state index in [4.69, 9.17) is 0 Å². The zero-order valence-electron chi connectivity index (χ0n) is 12.3. The number of hydrogen-bond donors (Lipinski definition) is 1. The Labute approximate surface area is 125 Å². The van der Waals surface area contributed by atoms with E-state index in [1.54, 1.807) is 28.4 Å². The highest BCUT2D eigenvalue weighted by atomic mass is 32.1. The number of H-pyrrole nitrogens is 1. The fourth-order valence-electron chi connectivity index (χ4n) is 2.04. The Morgan fingerprint density at radius 2 is 2.19 bits per heavy atom. The maximum absolute atomic E-state index is 12.2. The Morgan fingerprint density at radius 3 is 2.86 bits per heavy atom. The van der Waals surface area contributed by atoms with Gasteiger partial charge >= 0.3 is 0 Å². The Bertz CT molecular complexity index is 810. The second-order valence-corrected chi connectivity index (χ2v) is 7.04. The number of thiophene rings is 1. The first-order chi connectivity index (χ1) is 9.93. The van der Waals surface area contributed by atoms with Crippen LogP contribution in [0.3, 0.4) is 0 Å². The number of aromatic amines is 1. The molecule has 0 unspecified atom stereocenters. The van der Waals surface area contributed by atoms with Crippen LogP contribution in [0.4, 0.5) is 0 Å². The first-order valence-corrected chi connectivity index (χ1v) is 7.62. The molecule has 0 fully saturated rings. The van der Waals surface area contributed by atoms with E-state index in [0.29, 0.717) is 24.2 Å². The molecule has 21 heavy (non-hydrogen) atoms. The molecule has 7 heteroatoms. The third-order valence-corrected chi connectivity index (χ3v) is 4.69. The van der Waals surface area contributed by atoms with Crippen LogP contribution in [0.2, 0.25) is 0 Å². The predicted molar refractivity (Wildman–Crippen MR) is 82.7 cm³/mol. The van der Waals surface area contributed by atoms with Crippen LogP contribution in [0.5, 0.6) is 0 Å². The number of hydrogen-bond acceptors (Lipinski definition) is 5. The topological polar surface area (TPSA) is 76.5 Å². The van der Waals surface area contributed by atoms with Crippen molar-refractivity contribution in [2.75, 3.05) is 0 Å². The summed E-state index contributed by atoms with van der Waals surface area (Å²) in [5.41, 5.74) is -0.0426. The number of fused-ring (bicyclic) bond motifs is 1. The summed E-state index contributed by atoms with van der Waals surface area (Å²) in [6.45, 7) is 7.05. The van der Waals surface area contributed by atoms with Crippen molar-refractivity contribution in [1.29, 1.82) is 0 Å². The van der Waals surface area contributed by atoms with Crippen LogP contribution < -0.4 is 5.56 Å². The summed E-state index contributed by atoms with van der Waals surface area (Å²) in [6, 6.07) is 1.95. The van der Waals surface area contributed by atoms with Crippen LogP contribution in [-0.2, 0) is 18.4 Å². The van der Waals surface area contributed by atoms with Gasteiger partial charge in [-0.2, -0.15) is 0 Å². The first-order valence-electron chi connectivity index (χ1n) is 6.81. The van der Waals surface area contributed by atoms with Gasteiger partial charge in [-0.15, -0.1) is 16.4 Å². The van der Waals surface area contributed by atoms with E-state index in [9.17, 15) is 4.79 Å². The summed E-state index contributed by atoms with van der Waals surface area (Å²) in [4.78, 5) is 21.6. The molecule has 0 atom stereocenters. The zero-order chi connectivity index (χ0) is 15.0. The molecular formula is C14H17N5OS. The second kappa shape index (κ2) is 5.07. The molecule has 0 radical (unpaired) electrons. The molecule has 3 rings (SSSR count). The minimum atomic E-state index is -0.0691. The normalized spacial score (nSPS) is 12.1. The third kappa shape index (κ3) is 2.87. The maximum Gasteiger partial charge on any atom is 0.259 e. The van der Waals surface area contributed by atoms with Crippen LogP contribution in [0.25, 0.3) is 10.2 Å². The maximum atomic E-state index is 12.2. The van der Waals surface area contributed by atoms with E-state index < -0.39 is 0 Å². The number of aryl methyl sites for hydroxylation is 2. The molecular weight excluding hydrogens is 286 g/mol. The highest BCUT2D eigenvalue weighted by molar-refractivity contribution is 7.18. The average molecular weight is 303 g/mol. The number of nitrogens with zero attached hydrogens (tertiary/aromatic N) is 4. The van der Waals surface area contributed by atoms with Crippen LogP contribution in [0.15, 0.2) is 23.3 Å². The summed E-state index contributed by atoms with van der Waals surface area (Å²) >= 11 is 1.59. The highest BCUT2D eigenvalue weighted by Crippen LogP contribution is 2.31. The monoisotopic (exact) mass is 303 g/mol. The third-order valence-electron chi connectivity index (χ3n) is 3.24. The van der Waals surface area contributed by atoms with Crippen molar-refractivity contribution in [3.05, 3.63) is 39.5 Å². The van der Waals surface area contributed by atoms with Crippen molar-refractivity contribution in [2.24, 2.45) is 0 Å². The Balaban J connectivity index is 1.93. The van der Waals surface area contributed by atoms with Gasteiger partial charge in [-0.1, -0.05) is 26.0 Å². The molecule has 0 spiro atoms. The van der Waals surface area contributed by atoms with Crippen molar-refractivity contribution in [2.45, 2.75) is 39.2 Å². The lowest BCUT2D eigenvalue weighted by molar-refractivity contribution is 0.578. The molecule has 0 saturated heterocycles. The van der Waals surface area contributed by atoms with E-state index in [1.165, 1.54) is 4.88 Å². The molecule has 0 aromatic carbocycles. The zero-order valence-corrected chi connectivity index (χ0v) is 13.1. The van der Waals surface area contributed by atoms with Gasteiger partial charge in [0.1, 0.15) is 10.7 Å². The molecule has 3 aromatic rings. The van der Waals surface area contributed by atoms with Gasteiger partial charge in [0.05, 0.1) is 11.6 Å². The lowest BCUT2D eigenvalue weighted by atomic mass is 9.94. The van der Waals surface area contributed by atoms with E-state index in [1.807, 2.05) is 6.07 Å². The van der Waals surface area contributed by atoms with Crippen LogP contribution >= 0.6 is 11.3 Å².